The van der Waals surface area contributed by atoms with Gasteiger partial charge in [0.1, 0.15) is 0 Å². The van der Waals surface area contributed by atoms with Crippen LogP contribution in [0.2, 0.25) is 0 Å². The third-order valence-electron chi connectivity index (χ3n) is 7.04. The lowest BCUT2D eigenvalue weighted by atomic mass is 10.0. The summed E-state index contributed by atoms with van der Waals surface area (Å²) >= 11 is 1.49. The standard InChI is InChI=1S/C30H30N4O3S/c1-20-5-4-6-25-26(20)29(37)33(3)30(31-25)38-19-21-7-9-22(10-8-21)27(35)23-11-13-24(14-12-23)28(36)34-17-15-32(2)16-18-34/h4-14H,15-19H2,1-3H3. The van der Waals surface area contributed by atoms with Crippen LogP contribution in [0.15, 0.2) is 76.7 Å². The molecule has 194 valence electrons. The van der Waals surface area contributed by atoms with Crippen molar-refractivity contribution in [1.29, 1.82) is 0 Å². The molecular weight excluding hydrogens is 496 g/mol. The van der Waals surface area contributed by atoms with Crippen LogP contribution in [0.1, 0.15) is 37.4 Å². The quantitative estimate of drug-likeness (QED) is 0.213. The summed E-state index contributed by atoms with van der Waals surface area (Å²) in [4.78, 5) is 47.4. The molecule has 1 aromatic heterocycles. The molecule has 8 heteroatoms. The topological polar surface area (TPSA) is 75.5 Å². The Balaban J connectivity index is 1.24. The molecule has 0 atom stereocenters. The van der Waals surface area contributed by atoms with E-state index in [1.807, 2.05) is 54.3 Å². The zero-order chi connectivity index (χ0) is 26.8. The number of amides is 1. The van der Waals surface area contributed by atoms with Crippen LogP contribution in [0.3, 0.4) is 0 Å². The van der Waals surface area contributed by atoms with Crippen molar-refractivity contribution >= 4 is 34.4 Å². The number of aromatic nitrogens is 2. The molecule has 1 aliphatic heterocycles. The van der Waals surface area contributed by atoms with E-state index in [1.54, 1.807) is 35.9 Å². The fourth-order valence-corrected chi connectivity index (χ4v) is 5.54. The molecule has 0 unspecified atom stereocenters. The van der Waals surface area contributed by atoms with Gasteiger partial charge in [-0.15, -0.1) is 0 Å². The van der Waals surface area contributed by atoms with E-state index in [-0.39, 0.29) is 17.2 Å². The van der Waals surface area contributed by atoms with Gasteiger partial charge in [-0.1, -0.05) is 60.3 Å². The van der Waals surface area contributed by atoms with Crippen LogP contribution >= 0.6 is 11.8 Å². The fraction of sp³-hybridized carbons (Fsp3) is 0.267. The number of carbonyl (C=O) groups is 2. The Kier molecular flexibility index (Phi) is 7.44. The molecule has 0 spiro atoms. The third-order valence-corrected chi connectivity index (χ3v) is 8.14. The van der Waals surface area contributed by atoms with Gasteiger partial charge >= 0.3 is 0 Å². The maximum Gasteiger partial charge on any atom is 0.262 e. The molecule has 0 radical (unpaired) electrons. The number of thioether (sulfide) groups is 1. The summed E-state index contributed by atoms with van der Waals surface area (Å²) in [6, 6.07) is 20.1. The summed E-state index contributed by atoms with van der Waals surface area (Å²) in [6.07, 6.45) is 0. The van der Waals surface area contributed by atoms with E-state index in [1.165, 1.54) is 11.8 Å². The number of hydrogen-bond donors (Lipinski definition) is 0. The predicted molar refractivity (Wildman–Crippen MR) is 151 cm³/mol. The minimum absolute atomic E-state index is 0.00694. The smallest absolute Gasteiger partial charge is 0.262 e. The molecule has 1 aliphatic rings. The molecule has 0 N–H and O–H groups in total. The third kappa shape index (κ3) is 5.28. The monoisotopic (exact) mass is 526 g/mol. The lowest BCUT2D eigenvalue weighted by molar-refractivity contribution is 0.0664. The first-order valence-electron chi connectivity index (χ1n) is 12.6. The second kappa shape index (κ2) is 10.9. The van der Waals surface area contributed by atoms with Crippen LogP contribution in [-0.2, 0) is 12.8 Å². The summed E-state index contributed by atoms with van der Waals surface area (Å²) in [5.74, 6) is 0.541. The molecule has 4 aromatic rings. The molecule has 1 saturated heterocycles. The van der Waals surface area contributed by atoms with Crippen LogP contribution in [0.4, 0.5) is 0 Å². The molecule has 1 fully saturated rings. The first-order chi connectivity index (χ1) is 18.3. The lowest BCUT2D eigenvalue weighted by Gasteiger charge is -2.32. The largest absolute Gasteiger partial charge is 0.336 e. The van der Waals surface area contributed by atoms with Gasteiger partial charge in [-0.25, -0.2) is 4.98 Å². The van der Waals surface area contributed by atoms with E-state index in [9.17, 15) is 14.4 Å². The summed E-state index contributed by atoms with van der Waals surface area (Å²) in [5, 5.41) is 1.30. The number of ketones is 1. The number of piperazine rings is 1. The summed E-state index contributed by atoms with van der Waals surface area (Å²) in [7, 11) is 3.80. The molecular formula is C30H30N4O3S. The molecule has 0 aliphatic carbocycles. The summed E-state index contributed by atoms with van der Waals surface area (Å²) < 4.78 is 1.59. The van der Waals surface area contributed by atoms with Crippen LogP contribution in [0.5, 0.6) is 0 Å². The van der Waals surface area contributed by atoms with Gasteiger partial charge in [-0.3, -0.25) is 19.0 Å². The predicted octanol–water partition coefficient (Wildman–Crippen LogP) is 4.15. The Morgan fingerprint density at radius 3 is 2.11 bits per heavy atom. The van der Waals surface area contributed by atoms with Crippen molar-refractivity contribution in [3.05, 3.63) is 105 Å². The van der Waals surface area contributed by atoms with E-state index >= 15 is 0 Å². The molecule has 0 bridgehead atoms. The van der Waals surface area contributed by atoms with Crippen molar-refractivity contribution in [2.45, 2.75) is 17.8 Å². The Hall–Kier alpha value is -3.75. The van der Waals surface area contributed by atoms with Crippen LogP contribution in [0, 0.1) is 6.92 Å². The van der Waals surface area contributed by atoms with Crippen molar-refractivity contribution in [2.24, 2.45) is 7.05 Å². The van der Waals surface area contributed by atoms with E-state index in [4.69, 9.17) is 4.98 Å². The van der Waals surface area contributed by atoms with Gasteiger partial charge in [-0.05, 0) is 43.3 Å². The molecule has 3 aromatic carbocycles. The SMILES string of the molecule is Cc1cccc2nc(SCc3ccc(C(=O)c4ccc(C(=O)N5CCN(C)CC5)cc4)cc3)n(C)c(=O)c12. The van der Waals surface area contributed by atoms with E-state index in [2.05, 4.69) is 11.9 Å². The second-order valence-electron chi connectivity index (χ2n) is 9.72. The van der Waals surface area contributed by atoms with E-state index in [0.717, 1.165) is 24.2 Å². The molecule has 0 saturated carbocycles. The molecule has 7 nitrogen and oxygen atoms in total. The first-order valence-corrected chi connectivity index (χ1v) is 13.6. The fourth-order valence-electron chi connectivity index (χ4n) is 4.61. The zero-order valence-electron chi connectivity index (χ0n) is 21.8. The van der Waals surface area contributed by atoms with Crippen molar-refractivity contribution < 1.29 is 9.59 Å². The number of carbonyl (C=O) groups excluding carboxylic acids is 2. The van der Waals surface area contributed by atoms with Gasteiger partial charge in [0.05, 0.1) is 10.9 Å². The zero-order valence-corrected chi connectivity index (χ0v) is 22.6. The lowest BCUT2D eigenvalue weighted by Crippen LogP contribution is -2.47. The van der Waals surface area contributed by atoms with Crippen molar-refractivity contribution in [1.82, 2.24) is 19.4 Å². The normalized spacial score (nSPS) is 14.1. The highest BCUT2D eigenvalue weighted by Crippen LogP contribution is 2.23. The minimum Gasteiger partial charge on any atom is -0.336 e. The number of benzene rings is 3. The van der Waals surface area contributed by atoms with E-state index < -0.39 is 0 Å². The van der Waals surface area contributed by atoms with Crippen molar-refractivity contribution in [3.8, 4) is 0 Å². The highest BCUT2D eigenvalue weighted by Gasteiger charge is 2.20. The van der Waals surface area contributed by atoms with Gasteiger partial charge in [0.2, 0.25) is 0 Å². The minimum atomic E-state index is -0.0863. The average molecular weight is 527 g/mol. The number of hydrogen-bond acceptors (Lipinski definition) is 6. The number of nitrogens with zero attached hydrogens (tertiary/aromatic N) is 4. The Morgan fingerprint density at radius 1 is 0.842 bits per heavy atom. The highest BCUT2D eigenvalue weighted by atomic mass is 32.2. The molecule has 5 rings (SSSR count). The maximum absolute atomic E-state index is 13.0. The summed E-state index contributed by atoms with van der Waals surface area (Å²) in [6.45, 7) is 5.09. The van der Waals surface area contributed by atoms with Gasteiger partial charge in [0.15, 0.2) is 10.9 Å². The van der Waals surface area contributed by atoms with Gasteiger partial charge in [-0.2, -0.15) is 0 Å². The number of aryl methyl sites for hydroxylation is 1. The van der Waals surface area contributed by atoms with Gasteiger partial charge in [0.25, 0.3) is 11.5 Å². The Labute approximate surface area is 226 Å². The van der Waals surface area contributed by atoms with Crippen LogP contribution in [0.25, 0.3) is 10.9 Å². The highest BCUT2D eigenvalue weighted by molar-refractivity contribution is 7.98. The van der Waals surface area contributed by atoms with Crippen LogP contribution in [-0.4, -0.2) is 64.3 Å². The number of likely N-dealkylation sites (N-methyl/N-ethyl adjacent to an activating group) is 1. The number of rotatable bonds is 6. The maximum atomic E-state index is 13.0. The van der Waals surface area contributed by atoms with Gasteiger partial charge < -0.3 is 9.80 Å². The Bertz CT molecular complexity index is 1550. The second-order valence-corrected chi connectivity index (χ2v) is 10.7. The van der Waals surface area contributed by atoms with Gasteiger partial charge in [0, 0.05) is 55.7 Å². The van der Waals surface area contributed by atoms with Crippen molar-refractivity contribution in [3.63, 3.8) is 0 Å². The molecule has 38 heavy (non-hydrogen) atoms. The first kappa shape index (κ1) is 25.9. The number of fused-ring (bicyclic) bond motifs is 1. The molecule has 1 amide bonds. The Morgan fingerprint density at radius 2 is 1.45 bits per heavy atom. The van der Waals surface area contributed by atoms with E-state index in [0.29, 0.717) is 51.6 Å². The van der Waals surface area contributed by atoms with Crippen LogP contribution < -0.4 is 5.56 Å². The molecule has 2 heterocycles. The summed E-state index contributed by atoms with van der Waals surface area (Å²) in [5.41, 5.74) is 4.34. The average Bonchev–Trinajstić information content (AvgIpc) is 2.94. The van der Waals surface area contributed by atoms with Crippen molar-refractivity contribution in [2.75, 3.05) is 33.2 Å².